The predicted molar refractivity (Wildman–Crippen MR) is 85.3 cm³/mol. The SMILES string of the molecule is O=C(NC1CCCCC1N1C(=O)CSC1=O)c1ccc(=O)[nH]c1. The number of amides is 3. The molecule has 122 valence electrons. The summed E-state index contributed by atoms with van der Waals surface area (Å²) in [5.41, 5.74) is 0.0738. The Hall–Kier alpha value is -2.09. The molecule has 8 heteroatoms. The van der Waals surface area contributed by atoms with Gasteiger partial charge in [0.25, 0.3) is 11.1 Å². The van der Waals surface area contributed by atoms with Gasteiger partial charge in [0.15, 0.2) is 0 Å². The zero-order valence-electron chi connectivity index (χ0n) is 12.4. The molecular weight excluding hydrogens is 318 g/mol. The van der Waals surface area contributed by atoms with E-state index in [9.17, 15) is 19.2 Å². The van der Waals surface area contributed by atoms with E-state index in [1.54, 1.807) is 0 Å². The number of nitrogens with zero attached hydrogens (tertiary/aromatic N) is 1. The van der Waals surface area contributed by atoms with E-state index in [4.69, 9.17) is 0 Å². The largest absolute Gasteiger partial charge is 0.347 e. The Morgan fingerprint density at radius 1 is 1.22 bits per heavy atom. The summed E-state index contributed by atoms with van der Waals surface area (Å²) in [6.07, 6.45) is 4.65. The van der Waals surface area contributed by atoms with E-state index in [0.29, 0.717) is 12.0 Å². The highest BCUT2D eigenvalue weighted by molar-refractivity contribution is 8.14. The van der Waals surface area contributed by atoms with Gasteiger partial charge in [-0.2, -0.15) is 0 Å². The van der Waals surface area contributed by atoms with Crippen LogP contribution in [0.4, 0.5) is 4.79 Å². The minimum absolute atomic E-state index is 0.177. The van der Waals surface area contributed by atoms with Crippen LogP contribution in [-0.2, 0) is 4.79 Å². The Morgan fingerprint density at radius 2 is 2.00 bits per heavy atom. The maximum absolute atomic E-state index is 12.3. The number of rotatable bonds is 3. The van der Waals surface area contributed by atoms with Crippen molar-refractivity contribution < 1.29 is 14.4 Å². The minimum Gasteiger partial charge on any atom is -0.347 e. The summed E-state index contributed by atoms with van der Waals surface area (Å²) >= 11 is 1.01. The number of hydrogen-bond donors (Lipinski definition) is 2. The molecule has 1 saturated heterocycles. The lowest BCUT2D eigenvalue weighted by Crippen LogP contribution is -2.54. The molecule has 0 radical (unpaired) electrons. The number of carbonyl (C=O) groups is 3. The Bertz CT molecular complexity index is 666. The zero-order chi connectivity index (χ0) is 16.4. The zero-order valence-corrected chi connectivity index (χ0v) is 13.2. The Morgan fingerprint density at radius 3 is 2.65 bits per heavy atom. The van der Waals surface area contributed by atoms with Gasteiger partial charge in [-0.15, -0.1) is 0 Å². The lowest BCUT2D eigenvalue weighted by molar-refractivity contribution is -0.127. The molecule has 2 atom stereocenters. The number of thioether (sulfide) groups is 1. The maximum Gasteiger partial charge on any atom is 0.289 e. The highest BCUT2D eigenvalue weighted by Gasteiger charge is 2.41. The molecule has 2 aliphatic rings. The Kier molecular flexibility index (Phi) is 4.51. The third kappa shape index (κ3) is 3.31. The third-order valence-electron chi connectivity index (χ3n) is 4.21. The fraction of sp³-hybridized carbons (Fsp3) is 0.467. The van der Waals surface area contributed by atoms with E-state index < -0.39 is 0 Å². The van der Waals surface area contributed by atoms with Crippen molar-refractivity contribution in [1.82, 2.24) is 15.2 Å². The number of H-pyrrole nitrogens is 1. The first-order valence-electron chi connectivity index (χ1n) is 7.54. The van der Waals surface area contributed by atoms with Crippen molar-refractivity contribution in [2.75, 3.05) is 5.75 Å². The fourth-order valence-corrected chi connectivity index (χ4v) is 3.84. The normalized spacial score (nSPS) is 24.8. The number of aromatic amines is 1. The first-order valence-corrected chi connectivity index (χ1v) is 8.53. The molecule has 1 aliphatic carbocycles. The van der Waals surface area contributed by atoms with E-state index >= 15 is 0 Å². The van der Waals surface area contributed by atoms with Gasteiger partial charge in [0.05, 0.1) is 23.4 Å². The summed E-state index contributed by atoms with van der Waals surface area (Å²) in [5, 5.41) is 2.68. The van der Waals surface area contributed by atoms with E-state index in [0.717, 1.165) is 31.0 Å². The van der Waals surface area contributed by atoms with Gasteiger partial charge in [0, 0.05) is 12.3 Å². The van der Waals surface area contributed by atoms with E-state index in [1.807, 2.05) is 0 Å². The monoisotopic (exact) mass is 335 g/mol. The second kappa shape index (κ2) is 6.57. The number of imide groups is 1. The second-order valence-electron chi connectivity index (χ2n) is 5.69. The molecule has 1 saturated carbocycles. The molecule has 2 fully saturated rings. The molecule has 0 aromatic carbocycles. The molecule has 0 spiro atoms. The van der Waals surface area contributed by atoms with Crippen LogP contribution in [0.2, 0.25) is 0 Å². The summed E-state index contributed by atoms with van der Waals surface area (Å²) in [4.78, 5) is 51.0. The van der Waals surface area contributed by atoms with E-state index in [2.05, 4.69) is 10.3 Å². The molecule has 3 amide bonds. The van der Waals surface area contributed by atoms with Crippen molar-refractivity contribution in [3.8, 4) is 0 Å². The van der Waals surface area contributed by atoms with Gasteiger partial charge in [-0.3, -0.25) is 24.1 Å². The topological polar surface area (TPSA) is 99.3 Å². The lowest BCUT2D eigenvalue weighted by atomic mass is 9.89. The lowest BCUT2D eigenvalue weighted by Gasteiger charge is -2.36. The Balaban J connectivity index is 1.75. The number of aromatic nitrogens is 1. The average Bonchev–Trinajstić information content (AvgIpc) is 2.87. The number of pyridine rings is 1. The van der Waals surface area contributed by atoms with Crippen LogP contribution in [0, 0.1) is 0 Å². The van der Waals surface area contributed by atoms with Gasteiger partial charge >= 0.3 is 0 Å². The second-order valence-corrected chi connectivity index (χ2v) is 6.62. The molecule has 23 heavy (non-hydrogen) atoms. The van der Waals surface area contributed by atoms with Crippen LogP contribution in [0.25, 0.3) is 0 Å². The minimum atomic E-state index is -0.315. The molecule has 7 nitrogen and oxygen atoms in total. The van der Waals surface area contributed by atoms with Gasteiger partial charge in [-0.25, -0.2) is 0 Å². The summed E-state index contributed by atoms with van der Waals surface area (Å²) in [5.74, 6) is -0.323. The van der Waals surface area contributed by atoms with Gasteiger partial charge in [0.2, 0.25) is 11.5 Å². The van der Waals surface area contributed by atoms with Crippen LogP contribution in [0.1, 0.15) is 36.0 Å². The van der Waals surface area contributed by atoms with Crippen molar-refractivity contribution in [3.63, 3.8) is 0 Å². The molecule has 2 heterocycles. The molecular formula is C15H17N3O4S. The number of carbonyl (C=O) groups excluding carboxylic acids is 3. The van der Waals surface area contributed by atoms with Crippen molar-refractivity contribution in [1.29, 1.82) is 0 Å². The summed E-state index contributed by atoms with van der Waals surface area (Å²) in [6, 6.07) is 2.20. The van der Waals surface area contributed by atoms with Gasteiger partial charge in [-0.05, 0) is 18.9 Å². The van der Waals surface area contributed by atoms with Gasteiger partial charge in [-0.1, -0.05) is 24.6 Å². The van der Waals surface area contributed by atoms with Crippen molar-refractivity contribution in [3.05, 3.63) is 34.2 Å². The molecule has 2 N–H and O–H groups in total. The highest BCUT2D eigenvalue weighted by Crippen LogP contribution is 2.30. The van der Waals surface area contributed by atoms with Gasteiger partial charge < -0.3 is 10.3 Å². The quantitative estimate of drug-likeness (QED) is 0.862. The fourth-order valence-electron chi connectivity index (χ4n) is 3.08. The number of nitrogens with one attached hydrogen (secondary N) is 2. The smallest absolute Gasteiger partial charge is 0.289 e. The molecule has 1 aromatic rings. The molecule has 0 bridgehead atoms. The average molecular weight is 335 g/mol. The molecule has 2 unspecified atom stereocenters. The molecule has 1 aliphatic heterocycles. The Labute approximate surface area is 136 Å². The van der Waals surface area contributed by atoms with E-state index in [1.165, 1.54) is 23.2 Å². The predicted octanol–water partition coefficient (Wildman–Crippen LogP) is 1.11. The van der Waals surface area contributed by atoms with Crippen molar-refractivity contribution in [2.24, 2.45) is 0 Å². The standard InChI is InChI=1S/C15H17N3O4S/c19-12-6-5-9(7-16-12)14(21)17-10-3-1-2-4-11(10)18-13(20)8-23-15(18)22/h5-7,10-11H,1-4,8H2,(H,16,19)(H,17,21). The first-order chi connectivity index (χ1) is 11.1. The molecule has 3 rings (SSSR count). The van der Waals surface area contributed by atoms with Crippen LogP contribution < -0.4 is 10.9 Å². The summed E-state index contributed by atoms with van der Waals surface area (Å²) in [6.45, 7) is 0. The summed E-state index contributed by atoms with van der Waals surface area (Å²) in [7, 11) is 0. The van der Waals surface area contributed by atoms with Crippen LogP contribution >= 0.6 is 11.8 Å². The van der Waals surface area contributed by atoms with Crippen molar-refractivity contribution in [2.45, 2.75) is 37.8 Å². The highest BCUT2D eigenvalue weighted by atomic mass is 32.2. The van der Waals surface area contributed by atoms with Crippen LogP contribution in [0.3, 0.4) is 0 Å². The number of hydrogen-bond acceptors (Lipinski definition) is 5. The summed E-state index contributed by atoms with van der Waals surface area (Å²) < 4.78 is 0. The van der Waals surface area contributed by atoms with Crippen LogP contribution in [-0.4, -0.2) is 44.8 Å². The maximum atomic E-state index is 12.3. The van der Waals surface area contributed by atoms with Gasteiger partial charge in [0.1, 0.15) is 0 Å². The van der Waals surface area contributed by atoms with Crippen molar-refractivity contribution >= 4 is 28.8 Å². The van der Waals surface area contributed by atoms with E-state index in [-0.39, 0.29) is 40.4 Å². The third-order valence-corrected chi connectivity index (χ3v) is 5.04. The van der Waals surface area contributed by atoms with Crippen LogP contribution in [0.5, 0.6) is 0 Å². The first kappa shape index (κ1) is 15.8. The van der Waals surface area contributed by atoms with Crippen LogP contribution in [0.15, 0.2) is 23.1 Å². The molecule has 1 aromatic heterocycles.